The van der Waals surface area contributed by atoms with Crippen molar-refractivity contribution in [2.24, 2.45) is 5.73 Å². The third-order valence-corrected chi connectivity index (χ3v) is 1.53. The van der Waals surface area contributed by atoms with Gasteiger partial charge in [0.2, 0.25) is 0 Å². The Morgan fingerprint density at radius 1 is 1.46 bits per heavy atom. The molecule has 0 spiro atoms. The minimum Gasteiger partial charge on any atom is -0.478 e. The molecule has 0 aliphatic carbocycles. The van der Waals surface area contributed by atoms with Gasteiger partial charge in [0.1, 0.15) is 18.0 Å². The first kappa shape index (κ1) is 9.54. The molecule has 13 heavy (non-hydrogen) atoms. The van der Waals surface area contributed by atoms with E-state index in [-0.39, 0.29) is 6.73 Å². The lowest BCUT2D eigenvalue weighted by Gasteiger charge is -2.06. The van der Waals surface area contributed by atoms with Crippen LogP contribution in [0.2, 0.25) is 0 Å². The van der Waals surface area contributed by atoms with Gasteiger partial charge in [-0.1, -0.05) is 12.1 Å². The van der Waals surface area contributed by atoms with Crippen LogP contribution >= 0.6 is 0 Å². The van der Waals surface area contributed by atoms with Crippen LogP contribution in [-0.4, -0.2) is 19.8 Å². The maximum absolute atomic E-state index is 11.2. The van der Waals surface area contributed by atoms with Crippen LogP contribution in [-0.2, 0) is 4.74 Å². The first-order valence-electron chi connectivity index (χ1n) is 3.79. The third kappa shape index (κ3) is 2.19. The highest BCUT2D eigenvalue weighted by Crippen LogP contribution is 2.17. The van der Waals surface area contributed by atoms with Crippen LogP contribution in [0.3, 0.4) is 0 Å². The standard InChI is InChI=1S/C9H11NO3/c1-12-9(11)7-4-2-3-5-8(7)13-6-10/h2-5H,6,10H2,1H3. The predicted molar refractivity (Wildman–Crippen MR) is 47.5 cm³/mol. The summed E-state index contributed by atoms with van der Waals surface area (Å²) in [5.41, 5.74) is 5.58. The zero-order valence-corrected chi connectivity index (χ0v) is 7.32. The molecule has 0 heterocycles. The van der Waals surface area contributed by atoms with Gasteiger partial charge in [-0.05, 0) is 12.1 Å². The molecular formula is C9H11NO3. The van der Waals surface area contributed by atoms with Gasteiger partial charge in [-0.15, -0.1) is 0 Å². The highest BCUT2D eigenvalue weighted by atomic mass is 16.5. The van der Waals surface area contributed by atoms with E-state index in [2.05, 4.69) is 4.74 Å². The summed E-state index contributed by atoms with van der Waals surface area (Å²) in [5.74, 6) is 0.0147. The van der Waals surface area contributed by atoms with Crippen LogP contribution in [0.4, 0.5) is 0 Å². The molecule has 0 aliphatic rings. The lowest BCUT2D eigenvalue weighted by molar-refractivity contribution is 0.0596. The van der Waals surface area contributed by atoms with E-state index < -0.39 is 5.97 Å². The number of benzene rings is 1. The fourth-order valence-corrected chi connectivity index (χ4v) is 0.961. The van der Waals surface area contributed by atoms with Crippen molar-refractivity contribution < 1.29 is 14.3 Å². The first-order chi connectivity index (χ1) is 6.29. The van der Waals surface area contributed by atoms with Gasteiger partial charge in [0.05, 0.1) is 7.11 Å². The van der Waals surface area contributed by atoms with E-state index in [0.717, 1.165) is 0 Å². The number of nitrogens with two attached hydrogens (primary N) is 1. The largest absolute Gasteiger partial charge is 0.478 e. The topological polar surface area (TPSA) is 61.5 Å². The lowest BCUT2D eigenvalue weighted by Crippen LogP contribution is -2.11. The maximum atomic E-state index is 11.2. The molecule has 0 unspecified atom stereocenters. The number of hydrogen-bond acceptors (Lipinski definition) is 4. The van der Waals surface area contributed by atoms with Crippen molar-refractivity contribution >= 4 is 5.97 Å². The van der Waals surface area contributed by atoms with Crippen LogP contribution in [0.25, 0.3) is 0 Å². The molecule has 0 amide bonds. The van der Waals surface area contributed by atoms with Crippen LogP contribution in [0.1, 0.15) is 10.4 Å². The van der Waals surface area contributed by atoms with Crippen LogP contribution in [0.5, 0.6) is 5.75 Å². The molecule has 0 fully saturated rings. The van der Waals surface area contributed by atoms with Crippen molar-refractivity contribution in [3.05, 3.63) is 29.8 Å². The third-order valence-electron chi connectivity index (χ3n) is 1.53. The Morgan fingerprint density at radius 3 is 2.77 bits per heavy atom. The van der Waals surface area contributed by atoms with E-state index in [9.17, 15) is 4.79 Å². The SMILES string of the molecule is COC(=O)c1ccccc1OCN. The van der Waals surface area contributed by atoms with E-state index in [0.29, 0.717) is 11.3 Å². The van der Waals surface area contributed by atoms with Crippen LogP contribution in [0, 0.1) is 0 Å². The molecule has 4 heteroatoms. The van der Waals surface area contributed by atoms with Crippen molar-refractivity contribution in [2.45, 2.75) is 0 Å². The Labute approximate surface area is 76.3 Å². The summed E-state index contributed by atoms with van der Waals surface area (Å²) in [6.45, 7) is 0.0357. The molecule has 4 nitrogen and oxygen atoms in total. The molecule has 0 aromatic heterocycles. The summed E-state index contributed by atoms with van der Waals surface area (Å²) < 4.78 is 9.60. The molecule has 0 atom stereocenters. The summed E-state index contributed by atoms with van der Waals surface area (Å²) in [6, 6.07) is 6.78. The highest BCUT2D eigenvalue weighted by Gasteiger charge is 2.10. The van der Waals surface area contributed by atoms with E-state index in [4.69, 9.17) is 10.5 Å². The molecule has 1 rings (SSSR count). The summed E-state index contributed by atoms with van der Waals surface area (Å²) >= 11 is 0. The van der Waals surface area contributed by atoms with Crippen molar-refractivity contribution in [2.75, 3.05) is 13.8 Å². The van der Waals surface area contributed by atoms with Gasteiger partial charge >= 0.3 is 5.97 Å². The second kappa shape index (κ2) is 4.47. The Bertz CT molecular complexity index is 299. The molecule has 1 aromatic rings. The minimum absolute atomic E-state index is 0.0357. The molecule has 0 saturated carbocycles. The summed E-state index contributed by atoms with van der Waals surface area (Å²) in [7, 11) is 1.32. The number of esters is 1. The van der Waals surface area contributed by atoms with Gasteiger partial charge in [0, 0.05) is 0 Å². The van der Waals surface area contributed by atoms with E-state index in [1.807, 2.05) is 0 Å². The van der Waals surface area contributed by atoms with E-state index >= 15 is 0 Å². The normalized spacial score (nSPS) is 9.38. The van der Waals surface area contributed by atoms with E-state index in [1.54, 1.807) is 24.3 Å². The summed E-state index contributed by atoms with van der Waals surface area (Å²) in [4.78, 5) is 11.2. The first-order valence-corrected chi connectivity index (χ1v) is 3.79. The van der Waals surface area contributed by atoms with E-state index in [1.165, 1.54) is 7.11 Å². The summed E-state index contributed by atoms with van der Waals surface area (Å²) in [6.07, 6.45) is 0. The zero-order chi connectivity index (χ0) is 9.68. The van der Waals surface area contributed by atoms with Gasteiger partial charge in [-0.25, -0.2) is 4.79 Å². The number of rotatable bonds is 3. The highest BCUT2D eigenvalue weighted by molar-refractivity contribution is 5.92. The average molecular weight is 181 g/mol. The molecule has 0 bridgehead atoms. The van der Waals surface area contributed by atoms with Crippen molar-refractivity contribution in [3.63, 3.8) is 0 Å². The Kier molecular flexibility index (Phi) is 3.28. The second-order valence-electron chi connectivity index (χ2n) is 2.30. The monoisotopic (exact) mass is 181 g/mol. The van der Waals surface area contributed by atoms with Gasteiger partial charge < -0.3 is 9.47 Å². The number of carbonyl (C=O) groups is 1. The van der Waals surface area contributed by atoms with Crippen molar-refractivity contribution in [3.8, 4) is 5.75 Å². The van der Waals surface area contributed by atoms with Crippen LogP contribution < -0.4 is 10.5 Å². The molecule has 70 valence electrons. The van der Waals surface area contributed by atoms with Crippen LogP contribution in [0.15, 0.2) is 24.3 Å². The molecule has 0 aliphatic heterocycles. The van der Waals surface area contributed by atoms with Gasteiger partial charge in [0.15, 0.2) is 0 Å². The number of ether oxygens (including phenoxy) is 2. The number of para-hydroxylation sites is 1. The molecule has 0 saturated heterocycles. The molecule has 1 aromatic carbocycles. The zero-order valence-electron chi connectivity index (χ0n) is 7.32. The molecular weight excluding hydrogens is 170 g/mol. The lowest BCUT2D eigenvalue weighted by atomic mass is 10.2. The van der Waals surface area contributed by atoms with Gasteiger partial charge in [0.25, 0.3) is 0 Å². The quantitative estimate of drug-likeness (QED) is 0.552. The predicted octanol–water partition coefficient (Wildman–Crippen LogP) is 0.768. The Hall–Kier alpha value is -1.55. The Balaban J connectivity index is 2.97. The van der Waals surface area contributed by atoms with Gasteiger partial charge in [-0.2, -0.15) is 0 Å². The number of methoxy groups -OCH3 is 1. The smallest absolute Gasteiger partial charge is 0.341 e. The molecule has 2 N–H and O–H groups in total. The van der Waals surface area contributed by atoms with Crippen molar-refractivity contribution in [1.82, 2.24) is 0 Å². The maximum Gasteiger partial charge on any atom is 0.341 e. The second-order valence-corrected chi connectivity index (χ2v) is 2.30. The Morgan fingerprint density at radius 2 is 2.15 bits per heavy atom. The van der Waals surface area contributed by atoms with Crippen molar-refractivity contribution in [1.29, 1.82) is 0 Å². The minimum atomic E-state index is -0.427. The summed E-state index contributed by atoms with van der Waals surface area (Å²) in [5, 5.41) is 0. The fourth-order valence-electron chi connectivity index (χ4n) is 0.961. The number of carbonyl (C=O) groups excluding carboxylic acids is 1. The molecule has 0 radical (unpaired) electrons. The average Bonchev–Trinajstić information content (AvgIpc) is 2.18. The fraction of sp³-hybridized carbons (Fsp3) is 0.222. The van der Waals surface area contributed by atoms with Gasteiger partial charge in [-0.3, -0.25) is 5.73 Å². The number of hydrogen-bond donors (Lipinski definition) is 1.